The number of nitrogens with zero attached hydrogens (tertiary/aromatic N) is 3. The first kappa shape index (κ1) is 12.1. The third kappa shape index (κ3) is 2.41. The lowest BCUT2D eigenvalue weighted by atomic mass is 10.3. The Morgan fingerprint density at radius 2 is 2.22 bits per heavy atom. The molecule has 0 N–H and O–H groups in total. The Hall–Kier alpha value is -0.980. The molecule has 6 heteroatoms. The van der Waals surface area contributed by atoms with Gasteiger partial charge in [-0.3, -0.25) is 9.97 Å². The van der Waals surface area contributed by atoms with Gasteiger partial charge in [0.15, 0.2) is 4.34 Å². The Bertz CT molecular complexity index is 711. The van der Waals surface area contributed by atoms with Gasteiger partial charge >= 0.3 is 0 Å². The van der Waals surface area contributed by atoms with Crippen LogP contribution in [0.2, 0.25) is 0 Å². The predicted octanol–water partition coefficient (Wildman–Crippen LogP) is 4.31. The SMILES string of the molecule is Cc1csc(Sc2ccnc3cc(Br)cnc23)n1. The van der Waals surface area contributed by atoms with Crippen LogP contribution in [0.5, 0.6) is 0 Å². The Kier molecular flexibility index (Phi) is 3.32. The highest BCUT2D eigenvalue weighted by atomic mass is 79.9. The van der Waals surface area contributed by atoms with Crippen molar-refractivity contribution in [2.45, 2.75) is 16.2 Å². The molecule has 3 nitrogen and oxygen atoms in total. The molecule has 0 spiro atoms. The highest BCUT2D eigenvalue weighted by Crippen LogP contribution is 2.33. The second-order valence-corrected chi connectivity index (χ2v) is 6.75. The standard InChI is InChI=1S/C12H8BrN3S2/c1-7-6-17-12(16-7)18-10-2-3-14-9-4-8(13)5-15-11(9)10/h2-6H,1H3. The van der Waals surface area contributed by atoms with E-state index in [2.05, 4.69) is 36.3 Å². The van der Waals surface area contributed by atoms with Gasteiger partial charge < -0.3 is 0 Å². The van der Waals surface area contributed by atoms with Crippen molar-refractivity contribution in [2.75, 3.05) is 0 Å². The molecule has 0 aromatic carbocycles. The Morgan fingerprint density at radius 1 is 1.33 bits per heavy atom. The second kappa shape index (κ2) is 4.95. The monoisotopic (exact) mass is 337 g/mol. The zero-order chi connectivity index (χ0) is 12.5. The molecule has 0 aliphatic rings. The number of aryl methyl sites for hydroxylation is 1. The van der Waals surface area contributed by atoms with E-state index >= 15 is 0 Å². The van der Waals surface area contributed by atoms with Gasteiger partial charge in [0.1, 0.15) is 5.52 Å². The largest absolute Gasteiger partial charge is 0.254 e. The van der Waals surface area contributed by atoms with Crippen LogP contribution < -0.4 is 0 Å². The van der Waals surface area contributed by atoms with Crippen LogP contribution >= 0.6 is 39.0 Å². The van der Waals surface area contributed by atoms with E-state index in [1.807, 2.05) is 19.1 Å². The molecule has 0 radical (unpaired) electrons. The maximum atomic E-state index is 4.45. The lowest BCUT2D eigenvalue weighted by molar-refractivity contribution is 1.16. The van der Waals surface area contributed by atoms with Crippen LogP contribution in [-0.4, -0.2) is 15.0 Å². The maximum Gasteiger partial charge on any atom is 0.154 e. The summed E-state index contributed by atoms with van der Waals surface area (Å²) in [5.74, 6) is 0. The number of rotatable bonds is 2. The molecule has 0 amide bonds. The predicted molar refractivity (Wildman–Crippen MR) is 78.2 cm³/mol. The maximum absolute atomic E-state index is 4.45. The van der Waals surface area contributed by atoms with E-state index in [4.69, 9.17) is 0 Å². The first-order valence-electron chi connectivity index (χ1n) is 5.22. The fourth-order valence-electron chi connectivity index (χ4n) is 1.54. The molecule has 0 unspecified atom stereocenters. The van der Waals surface area contributed by atoms with E-state index in [-0.39, 0.29) is 0 Å². The summed E-state index contributed by atoms with van der Waals surface area (Å²) in [5.41, 5.74) is 2.86. The summed E-state index contributed by atoms with van der Waals surface area (Å²) in [6.07, 6.45) is 3.60. The summed E-state index contributed by atoms with van der Waals surface area (Å²) in [5, 5.41) is 2.05. The lowest BCUT2D eigenvalue weighted by Gasteiger charge is -2.02. The molecular formula is C12H8BrN3S2. The number of halogens is 1. The number of hydrogen-bond acceptors (Lipinski definition) is 5. The third-order valence-electron chi connectivity index (χ3n) is 2.30. The topological polar surface area (TPSA) is 38.7 Å². The van der Waals surface area contributed by atoms with Gasteiger partial charge in [0.25, 0.3) is 0 Å². The number of aromatic nitrogens is 3. The molecule has 18 heavy (non-hydrogen) atoms. The lowest BCUT2D eigenvalue weighted by Crippen LogP contribution is -1.85. The van der Waals surface area contributed by atoms with Crippen LogP contribution in [0.15, 0.2) is 43.6 Å². The summed E-state index contributed by atoms with van der Waals surface area (Å²) < 4.78 is 1.97. The van der Waals surface area contributed by atoms with Gasteiger partial charge in [-0.25, -0.2) is 4.98 Å². The number of hydrogen-bond donors (Lipinski definition) is 0. The van der Waals surface area contributed by atoms with Gasteiger partial charge in [-0.05, 0) is 35.0 Å². The second-order valence-electron chi connectivity index (χ2n) is 3.69. The van der Waals surface area contributed by atoms with E-state index in [1.165, 1.54) is 0 Å². The Morgan fingerprint density at radius 3 is 3.00 bits per heavy atom. The summed E-state index contributed by atoms with van der Waals surface area (Å²) in [7, 11) is 0. The summed E-state index contributed by atoms with van der Waals surface area (Å²) in [6, 6.07) is 3.95. The molecule has 0 aliphatic heterocycles. The van der Waals surface area contributed by atoms with Crippen LogP contribution in [0, 0.1) is 6.92 Å². The molecule has 0 fully saturated rings. The van der Waals surface area contributed by atoms with Crippen molar-refractivity contribution in [2.24, 2.45) is 0 Å². The van der Waals surface area contributed by atoms with Gasteiger partial charge in [0.05, 0.1) is 5.52 Å². The Balaban J connectivity index is 2.06. The van der Waals surface area contributed by atoms with Gasteiger partial charge in [0, 0.05) is 32.8 Å². The van der Waals surface area contributed by atoms with Crippen molar-refractivity contribution in [3.05, 3.63) is 40.1 Å². The first-order chi connectivity index (χ1) is 8.72. The van der Waals surface area contributed by atoms with E-state index in [1.54, 1.807) is 35.5 Å². The molecule has 0 saturated heterocycles. The summed E-state index contributed by atoms with van der Waals surface area (Å²) in [6.45, 7) is 2.00. The van der Waals surface area contributed by atoms with E-state index in [9.17, 15) is 0 Å². The van der Waals surface area contributed by atoms with Crippen molar-refractivity contribution in [3.8, 4) is 0 Å². The molecule has 3 heterocycles. The summed E-state index contributed by atoms with van der Waals surface area (Å²) in [4.78, 5) is 14.3. The van der Waals surface area contributed by atoms with Crippen molar-refractivity contribution in [1.82, 2.24) is 15.0 Å². The van der Waals surface area contributed by atoms with Gasteiger partial charge in [-0.1, -0.05) is 11.8 Å². The van der Waals surface area contributed by atoms with Crippen LogP contribution in [0.4, 0.5) is 0 Å². The van der Waals surface area contributed by atoms with Gasteiger partial charge in [-0.2, -0.15) is 0 Å². The molecule has 0 bridgehead atoms. The molecular weight excluding hydrogens is 330 g/mol. The normalized spacial score (nSPS) is 11.0. The number of thiazole rings is 1. The third-order valence-corrected chi connectivity index (χ3v) is 4.84. The fraction of sp³-hybridized carbons (Fsp3) is 0.0833. The molecule has 3 aromatic heterocycles. The van der Waals surface area contributed by atoms with Crippen LogP contribution in [-0.2, 0) is 0 Å². The zero-order valence-electron chi connectivity index (χ0n) is 9.42. The Labute approximate surface area is 121 Å². The molecule has 0 atom stereocenters. The van der Waals surface area contributed by atoms with Crippen LogP contribution in [0.3, 0.4) is 0 Å². The molecule has 0 saturated carbocycles. The molecule has 0 aliphatic carbocycles. The highest BCUT2D eigenvalue weighted by Gasteiger charge is 2.08. The minimum atomic E-state index is 0.891. The molecule has 3 aromatic rings. The van der Waals surface area contributed by atoms with Gasteiger partial charge in [-0.15, -0.1) is 11.3 Å². The minimum Gasteiger partial charge on any atom is -0.254 e. The van der Waals surface area contributed by atoms with Crippen LogP contribution in [0.1, 0.15) is 5.69 Å². The smallest absolute Gasteiger partial charge is 0.154 e. The summed E-state index contributed by atoms with van der Waals surface area (Å²) >= 11 is 6.69. The first-order valence-corrected chi connectivity index (χ1v) is 7.71. The van der Waals surface area contributed by atoms with E-state index in [0.29, 0.717) is 0 Å². The molecule has 90 valence electrons. The number of pyridine rings is 2. The van der Waals surface area contributed by atoms with E-state index in [0.717, 1.165) is 30.4 Å². The number of fused-ring (bicyclic) bond motifs is 1. The fourth-order valence-corrected chi connectivity index (χ4v) is 3.74. The minimum absolute atomic E-state index is 0.891. The zero-order valence-corrected chi connectivity index (χ0v) is 12.6. The van der Waals surface area contributed by atoms with Crippen molar-refractivity contribution in [3.63, 3.8) is 0 Å². The van der Waals surface area contributed by atoms with Gasteiger partial charge in [0.2, 0.25) is 0 Å². The quantitative estimate of drug-likeness (QED) is 0.698. The van der Waals surface area contributed by atoms with E-state index < -0.39 is 0 Å². The molecule has 3 rings (SSSR count). The van der Waals surface area contributed by atoms with Crippen LogP contribution in [0.25, 0.3) is 11.0 Å². The average molecular weight is 338 g/mol. The van der Waals surface area contributed by atoms with Crippen molar-refractivity contribution < 1.29 is 0 Å². The van der Waals surface area contributed by atoms with Crippen molar-refractivity contribution >= 4 is 50.1 Å². The highest BCUT2D eigenvalue weighted by molar-refractivity contribution is 9.10. The van der Waals surface area contributed by atoms with Crippen molar-refractivity contribution in [1.29, 1.82) is 0 Å². The average Bonchev–Trinajstić information content (AvgIpc) is 2.75.